The lowest BCUT2D eigenvalue weighted by atomic mass is 10.0. The van der Waals surface area contributed by atoms with Crippen molar-refractivity contribution < 1.29 is 4.74 Å². The molecule has 0 aliphatic carbocycles. The van der Waals surface area contributed by atoms with Crippen molar-refractivity contribution in [3.8, 4) is 0 Å². The molecular weight excluding hydrogens is 130 g/mol. The SMILES string of the molecule is CC1(n2cncn2)COC1. The first-order valence-electron chi connectivity index (χ1n) is 3.24. The Bertz CT molecular complexity index is 215. The average molecular weight is 139 g/mol. The average Bonchev–Trinajstić information content (AvgIpc) is 2.33. The molecular formula is C6H9N3O. The zero-order valence-corrected chi connectivity index (χ0v) is 5.82. The van der Waals surface area contributed by atoms with Crippen LogP contribution < -0.4 is 0 Å². The first kappa shape index (κ1) is 5.85. The molecule has 0 N–H and O–H groups in total. The molecule has 1 fully saturated rings. The molecule has 0 bridgehead atoms. The summed E-state index contributed by atoms with van der Waals surface area (Å²) in [6.07, 6.45) is 3.27. The van der Waals surface area contributed by atoms with Gasteiger partial charge in [-0.1, -0.05) is 0 Å². The van der Waals surface area contributed by atoms with E-state index in [-0.39, 0.29) is 5.54 Å². The van der Waals surface area contributed by atoms with Crippen molar-refractivity contribution in [2.24, 2.45) is 0 Å². The Labute approximate surface area is 58.8 Å². The Morgan fingerprint density at radius 2 is 2.40 bits per heavy atom. The zero-order chi connectivity index (χ0) is 7.03. The van der Waals surface area contributed by atoms with Gasteiger partial charge in [-0.15, -0.1) is 0 Å². The van der Waals surface area contributed by atoms with Gasteiger partial charge in [-0.25, -0.2) is 9.67 Å². The minimum atomic E-state index is 0.0660. The molecule has 4 nitrogen and oxygen atoms in total. The monoisotopic (exact) mass is 139 g/mol. The normalized spacial score (nSPS) is 22.1. The van der Waals surface area contributed by atoms with Gasteiger partial charge in [0.2, 0.25) is 0 Å². The van der Waals surface area contributed by atoms with E-state index in [1.54, 1.807) is 12.7 Å². The van der Waals surface area contributed by atoms with Gasteiger partial charge in [0.25, 0.3) is 0 Å². The summed E-state index contributed by atoms with van der Waals surface area (Å²) in [5.41, 5.74) is 0.0660. The number of rotatable bonds is 1. The van der Waals surface area contributed by atoms with Crippen molar-refractivity contribution in [3.63, 3.8) is 0 Å². The van der Waals surface area contributed by atoms with Crippen LogP contribution in [0.4, 0.5) is 0 Å². The molecule has 1 aliphatic heterocycles. The van der Waals surface area contributed by atoms with E-state index in [4.69, 9.17) is 4.74 Å². The van der Waals surface area contributed by atoms with Gasteiger partial charge < -0.3 is 4.74 Å². The van der Waals surface area contributed by atoms with Crippen molar-refractivity contribution >= 4 is 0 Å². The van der Waals surface area contributed by atoms with Gasteiger partial charge >= 0.3 is 0 Å². The largest absolute Gasteiger partial charge is 0.376 e. The van der Waals surface area contributed by atoms with Crippen molar-refractivity contribution in [1.82, 2.24) is 14.8 Å². The van der Waals surface area contributed by atoms with Crippen LogP contribution in [0.1, 0.15) is 6.92 Å². The van der Waals surface area contributed by atoms with Crippen molar-refractivity contribution in [2.45, 2.75) is 12.5 Å². The molecule has 0 radical (unpaired) electrons. The standard InChI is InChI=1S/C6H9N3O/c1-6(2-10-3-6)9-5-7-4-8-9/h4-5H,2-3H2,1H3. The summed E-state index contributed by atoms with van der Waals surface area (Å²) < 4.78 is 6.92. The zero-order valence-electron chi connectivity index (χ0n) is 5.82. The predicted octanol–water partition coefficient (Wildman–Crippen LogP) is 0.0235. The Morgan fingerprint density at radius 1 is 1.60 bits per heavy atom. The Hall–Kier alpha value is -0.900. The second-order valence-corrected chi connectivity index (χ2v) is 2.83. The molecule has 10 heavy (non-hydrogen) atoms. The van der Waals surface area contributed by atoms with E-state index in [1.807, 2.05) is 4.68 Å². The van der Waals surface area contributed by atoms with E-state index in [1.165, 1.54) is 0 Å². The summed E-state index contributed by atoms with van der Waals surface area (Å²) in [5, 5.41) is 4.04. The van der Waals surface area contributed by atoms with Crippen molar-refractivity contribution in [1.29, 1.82) is 0 Å². The fourth-order valence-corrected chi connectivity index (χ4v) is 1.02. The van der Waals surface area contributed by atoms with Gasteiger partial charge in [-0.3, -0.25) is 0 Å². The smallest absolute Gasteiger partial charge is 0.137 e. The topological polar surface area (TPSA) is 39.9 Å². The maximum absolute atomic E-state index is 5.07. The van der Waals surface area contributed by atoms with Gasteiger partial charge in [-0.05, 0) is 6.92 Å². The molecule has 0 aromatic carbocycles. The van der Waals surface area contributed by atoms with E-state index in [0.29, 0.717) is 0 Å². The first-order valence-corrected chi connectivity index (χ1v) is 3.24. The summed E-state index contributed by atoms with van der Waals surface area (Å²) in [7, 11) is 0. The van der Waals surface area contributed by atoms with Gasteiger partial charge in [0.15, 0.2) is 0 Å². The number of aromatic nitrogens is 3. The van der Waals surface area contributed by atoms with Crippen LogP contribution in [0.3, 0.4) is 0 Å². The molecule has 4 heteroatoms. The molecule has 1 aliphatic rings. The highest BCUT2D eigenvalue weighted by atomic mass is 16.5. The number of hydrogen-bond acceptors (Lipinski definition) is 3. The minimum absolute atomic E-state index is 0.0660. The highest BCUT2D eigenvalue weighted by molar-refractivity contribution is 4.86. The molecule has 0 spiro atoms. The summed E-state index contributed by atoms with van der Waals surface area (Å²) in [6, 6.07) is 0. The third-order valence-corrected chi connectivity index (χ3v) is 1.80. The van der Waals surface area contributed by atoms with Crippen molar-refractivity contribution in [3.05, 3.63) is 12.7 Å². The Balaban J connectivity index is 2.27. The maximum atomic E-state index is 5.07. The Morgan fingerprint density at radius 3 is 2.80 bits per heavy atom. The van der Waals surface area contributed by atoms with Crippen LogP contribution in [0.25, 0.3) is 0 Å². The quantitative estimate of drug-likeness (QED) is 0.550. The lowest BCUT2D eigenvalue weighted by Crippen LogP contribution is -2.49. The van der Waals surface area contributed by atoms with Crippen LogP contribution in [0.2, 0.25) is 0 Å². The van der Waals surface area contributed by atoms with Crippen LogP contribution in [-0.4, -0.2) is 28.0 Å². The van der Waals surface area contributed by atoms with Gasteiger partial charge in [0.1, 0.15) is 18.2 Å². The van der Waals surface area contributed by atoms with Crippen LogP contribution in [0.5, 0.6) is 0 Å². The molecule has 1 aromatic heterocycles. The number of hydrogen-bond donors (Lipinski definition) is 0. The van der Waals surface area contributed by atoms with Gasteiger partial charge in [0, 0.05) is 0 Å². The lowest BCUT2D eigenvalue weighted by Gasteiger charge is -2.37. The summed E-state index contributed by atoms with van der Waals surface area (Å²) in [6.45, 7) is 3.60. The molecule has 0 unspecified atom stereocenters. The van der Waals surface area contributed by atoms with Gasteiger partial charge in [0.05, 0.1) is 13.2 Å². The second kappa shape index (κ2) is 1.79. The van der Waals surface area contributed by atoms with E-state index in [0.717, 1.165) is 13.2 Å². The third-order valence-electron chi connectivity index (χ3n) is 1.80. The first-order chi connectivity index (χ1) is 4.81. The van der Waals surface area contributed by atoms with Crippen LogP contribution in [0, 0.1) is 0 Å². The van der Waals surface area contributed by atoms with Crippen LogP contribution >= 0.6 is 0 Å². The highest BCUT2D eigenvalue weighted by Crippen LogP contribution is 2.23. The molecule has 54 valence electrons. The number of ether oxygens (including phenoxy) is 1. The van der Waals surface area contributed by atoms with E-state index in [9.17, 15) is 0 Å². The minimum Gasteiger partial charge on any atom is -0.376 e. The fourth-order valence-electron chi connectivity index (χ4n) is 1.02. The van der Waals surface area contributed by atoms with E-state index >= 15 is 0 Å². The molecule has 0 saturated carbocycles. The fraction of sp³-hybridized carbons (Fsp3) is 0.667. The summed E-state index contributed by atoms with van der Waals surface area (Å²) in [5.74, 6) is 0. The Kier molecular flexibility index (Phi) is 1.05. The number of nitrogens with zero attached hydrogens (tertiary/aromatic N) is 3. The molecule has 0 amide bonds. The second-order valence-electron chi connectivity index (χ2n) is 2.83. The third kappa shape index (κ3) is 0.654. The molecule has 0 atom stereocenters. The van der Waals surface area contributed by atoms with Crippen LogP contribution in [-0.2, 0) is 10.3 Å². The van der Waals surface area contributed by atoms with Crippen LogP contribution in [0.15, 0.2) is 12.7 Å². The highest BCUT2D eigenvalue weighted by Gasteiger charge is 2.35. The molecule has 1 saturated heterocycles. The predicted molar refractivity (Wildman–Crippen MR) is 34.5 cm³/mol. The summed E-state index contributed by atoms with van der Waals surface area (Å²) in [4.78, 5) is 3.87. The van der Waals surface area contributed by atoms with E-state index in [2.05, 4.69) is 17.0 Å². The van der Waals surface area contributed by atoms with Gasteiger partial charge in [-0.2, -0.15) is 5.10 Å². The molecule has 1 aromatic rings. The maximum Gasteiger partial charge on any atom is 0.137 e. The molecule has 2 rings (SSSR count). The van der Waals surface area contributed by atoms with Crippen molar-refractivity contribution in [2.75, 3.05) is 13.2 Å². The van der Waals surface area contributed by atoms with E-state index < -0.39 is 0 Å². The molecule has 2 heterocycles. The lowest BCUT2D eigenvalue weighted by molar-refractivity contribution is -0.0959. The summed E-state index contributed by atoms with van der Waals surface area (Å²) >= 11 is 0.